The molecule has 2 aromatic heterocycles. The number of imidazole rings is 1. The minimum absolute atomic E-state index is 0.339. The number of aromatic nitrogens is 4. The summed E-state index contributed by atoms with van der Waals surface area (Å²) in [5.41, 5.74) is 1.03. The van der Waals surface area contributed by atoms with Gasteiger partial charge in [-0.25, -0.2) is 4.79 Å². The molecule has 1 saturated heterocycles. The number of aryl methyl sites for hydroxylation is 1. The van der Waals surface area contributed by atoms with Gasteiger partial charge < -0.3 is 4.90 Å². The molecule has 0 bridgehead atoms. The van der Waals surface area contributed by atoms with Gasteiger partial charge in [0.25, 0.3) is 5.56 Å². The minimum Gasteiger partial charge on any atom is -0.342 e. The van der Waals surface area contributed by atoms with Gasteiger partial charge in [0.05, 0.1) is 6.54 Å². The van der Waals surface area contributed by atoms with Gasteiger partial charge in [0, 0.05) is 32.2 Å². The van der Waals surface area contributed by atoms with E-state index in [9.17, 15) is 9.59 Å². The molecule has 0 spiro atoms. The second-order valence-corrected chi connectivity index (χ2v) is 8.07. The Balaban J connectivity index is 1.98. The van der Waals surface area contributed by atoms with Crippen molar-refractivity contribution < 1.29 is 0 Å². The number of hydrogen-bond donors (Lipinski definition) is 0. The Kier molecular flexibility index (Phi) is 4.79. The third kappa shape index (κ3) is 3.03. The average Bonchev–Trinajstić information content (AvgIpc) is 3.06. The van der Waals surface area contributed by atoms with Gasteiger partial charge in [-0.05, 0) is 30.4 Å². The lowest BCUT2D eigenvalue weighted by Gasteiger charge is -2.32. The van der Waals surface area contributed by atoms with Crippen molar-refractivity contribution in [1.29, 1.82) is 0 Å². The highest BCUT2D eigenvalue weighted by atomic mass is 35.5. The first-order chi connectivity index (χ1) is 13.4. The van der Waals surface area contributed by atoms with Gasteiger partial charge in [-0.3, -0.25) is 18.5 Å². The first kappa shape index (κ1) is 18.8. The molecule has 1 aliphatic rings. The molecule has 3 aromatic rings. The standard InChI is InChI=1S/C20H24ClN5O2/c1-13-7-6-10-25(11-13)19-22-17-16(18(27)24(3)20(28)23(17)2)26(19)12-14-8-4-5-9-15(14)21/h4-5,8-9,13H,6-7,10-12H2,1-3H3/t13-/m1/s1. The van der Waals surface area contributed by atoms with Crippen LogP contribution in [-0.2, 0) is 20.6 Å². The molecule has 0 amide bonds. The largest absolute Gasteiger partial charge is 0.342 e. The van der Waals surface area contributed by atoms with Crippen molar-refractivity contribution >= 4 is 28.7 Å². The maximum Gasteiger partial charge on any atom is 0.332 e. The first-order valence-corrected chi connectivity index (χ1v) is 9.91. The molecular weight excluding hydrogens is 378 g/mol. The van der Waals surface area contributed by atoms with Crippen LogP contribution in [0.15, 0.2) is 33.9 Å². The minimum atomic E-state index is -0.376. The van der Waals surface area contributed by atoms with Crippen LogP contribution in [-0.4, -0.2) is 31.8 Å². The molecule has 148 valence electrons. The maximum atomic E-state index is 13.0. The summed E-state index contributed by atoms with van der Waals surface area (Å²) >= 11 is 6.40. The fourth-order valence-corrected chi connectivity index (χ4v) is 4.19. The number of piperidine rings is 1. The van der Waals surface area contributed by atoms with E-state index in [2.05, 4.69) is 11.8 Å². The van der Waals surface area contributed by atoms with Crippen LogP contribution < -0.4 is 16.1 Å². The SMILES string of the molecule is C[C@@H]1CCCN(c2nc3c(c(=O)n(C)c(=O)n3C)n2Cc2ccccc2Cl)C1. The first-order valence-electron chi connectivity index (χ1n) is 9.53. The van der Waals surface area contributed by atoms with Crippen molar-refractivity contribution in [2.24, 2.45) is 20.0 Å². The molecule has 28 heavy (non-hydrogen) atoms. The second-order valence-electron chi connectivity index (χ2n) is 7.66. The molecule has 0 aliphatic carbocycles. The molecule has 0 N–H and O–H groups in total. The fraction of sp³-hybridized carbons (Fsp3) is 0.450. The number of hydrogen-bond acceptors (Lipinski definition) is 4. The van der Waals surface area contributed by atoms with E-state index in [0.717, 1.165) is 35.6 Å². The third-order valence-corrected chi connectivity index (χ3v) is 5.92. The highest BCUT2D eigenvalue weighted by Gasteiger charge is 2.26. The lowest BCUT2D eigenvalue weighted by atomic mass is 10.0. The van der Waals surface area contributed by atoms with Gasteiger partial charge in [0.2, 0.25) is 5.95 Å². The van der Waals surface area contributed by atoms with Crippen molar-refractivity contribution in [1.82, 2.24) is 18.7 Å². The van der Waals surface area contributed by atoms with E-state index in [-0.39, 0.29) is 11.2 Å². The highest BCUT2D eigenvalue weighted by Crippen LogP contribution is 2.27. The zero-order chi connectivity index (χ0) is 20.0. The molecule has 3 heterocycles. The third-order valence-electron chi connectivity index (χ3n) is 5.55. The van der Waals surface area contributed by atoms with Crippen LogP contribution in [0.25, 0.3) is 11.2 Å². The van der Waals surface area contributed by atoms with Crippen molar-refractivity contribution in [2.45, 2.75) is 26.3 Å². The summed E-state index contributed by atoms with van der Waals surface area (Å²) in [7, 11) is 3.15. The summed E-state index contributed by atoms with van der Waals surface area (Å²) in [6.07, 6.45) is 2.26. The smallest absolute Gasteiger partial charge is 0.332 e. The molecule has 0 radical (unpaired) electrons. The van der Waals surface area contributed by atoms with E-state index in [1.807, 2.05) is 28.8 Å². The molecule has 7 nitrogen and oxygen atoms in total. The average molecular weight is 402 g/mol. The normalized spacial score (nSPS) is 17.4. The van der Waals surface area contributed by atoms with Gasteiger partial charge in [-0.1, -0.05) is 36.7 Å². The van der Waals surface area contributed by atoms with Gasteiger partial charge in [0.1, 0.15) is 0 Å². The van der Waals surface area contributed by atoms with E-state index >= 15 is 0 Å². The Morgan fingerprint density at radius 3 is 2.64 bits per heavy atom. The molecule has 0 unspecified atom stereocenters. The zero-order valence-corrected chi connectivity index (χ0v) is 17.1. The van der Waals surface area contributed by atoms with Crippen LogP contribution in [0.3, 0.4) is 0 Å². The fourth-order valence-electron chi connectivity index (χ4n) is 3.99. The molecule has 4 rings (SSSR count). The molecule has 1 aliphatic heterocycles. The van der Waals surface area contributed by atoms with Crippen LogP contribution in [0.1, 0.15) is 25.3 Å². The van der Waals surface area contributed by atoms with E-state index in [1.54, 1.807) is 7.05 Å². The number of fused-ring (bicyclic) bond motifs is 1. The van der Waals surface area contributed by atoms with E-state index in [1.165, 1.54) is 18.0 Å². The number of benzene rings is 1. The van der Waals surface area contributed by atoms with Crippen LogP contribution in [0.2, 0.25) is 5.02 Å². The van der Waals surface area contributed by atoms with Crippen molar-refractivity contribution in [3.63, 3.8) is 0 Å². The molecule has 1 atom stereocenters. The Morgan fingerprint density at radius 2 is 1.93 bits per heavy atom. The Labute approximate surface area is 167 Å². The number of anilines is 1. The number of rotatable bonds is 3. The summed E-state index contributed by atoms with van der Waals surface area (Å²) in [6.45, 7) is 4.40. The summed E-state index contributed by atoms with van der Waals surface area (Å²) in [5, 5.41) is 0.643. The summed E-state index contributed by atoms with van der Waals surface area (Å²) in [6, 6.07) is 7.60. The zero-order valence-electron chi connectivity index (χ0n) is 16.4. The summed E-state index contributed by atoms with van der Waals surface area (Å²) in [4.78, 5) is 32.4. The van der Waals surface area contributed by atoms with Crippen LogP contribution in [0, 0.1) is 5.92 Å². The van der Waals surface area contributed by atoms with Crippen LogP contribution in [0.5, 0.6) is 0 Å². The highest BCUT2D eigenvalue weighted by molar-refractivity contribution is 6.31. The Bertz CT molecular complexity index is 1160. The van der Waals surface area contributed by atoms with E-state index < -0.39 is 0 Å². The molecular formula is C20H24ClN5O2. The van der Waals surface area contributed by atoms with E-state index in [0.29, 0.717) is 28.6 Å². The Morgan fingerprint density at radius 1 is 1.18 bits per heavy atom. The van der Waals surface area contributed by atoms with E-state index in [4.69, 9.17) is 16.6 Å². The molecule has 8 heteroatoms. The lowest BCUT2D eigenvalue weighted by molar-refractivity contribution is 0.439. The summed E-state index contributed by atoms with van der Waals surface area (Å²) in [5.74, 6) is 1.27. The second kappa shape index (κ2) is 7.13. The van der Waals surface area contributed by atoms with Gasteiger partial charge in [-0.15, -0.1) is 0 Å². The van der Waals surface area contributed by atoms with Crippen molar-refractivity contribution in [2.75, 3.05) is 18.0 Å². The van der Waals surface area contributed by atoms with Crippen molar-refractivity contribution in [3.05, 3.63) is 55.7 Å². The number of halogens is 1. The van der Waals surface area contributed by atoms with Gasteiger partial charge >= 0.3 is 5.69 Å². The van der Waals surface area contributed by atoms with Crippen LogP contribution >= 0.6 is 11.6 Å². The predicted octanol–water partition coefficient (Wildman–Crippen LogP) is 2.37. The monoisotopic (exact) mass is 401 g/mol. The topological polar surface area (TPSA) is 65.1 Å². The van der Waals surface area contributed by atoms with Gasteiger partial charge in [0.15, 0.2) is 11.2 Å². The van der Waals surface area contributed by atoms with Gasteiger partial charge in [-0.2, -0.15) is 4.98 Å². The predicted molar refractivity (Wildman–Crippen MR) is 111 cm³/mol. The van der Waals surface area contributed by atoms with Crippen molar-refractivity contribution in [3.8, 4) is 0 Å². The summed E-state index contributed by atoms with van der Waals surface area (Å²) < 4.78 is 4.49. The molecule has 1 aromatic carbocycles. The quantitative estimate of drug-likeness (QED) is 0.675. The molecule has 0 saturated carbocycles. The Hall–Kier alpha value is -2.54. The molecule has 1 fully saturated rings. The number of nitrogens with zero attached hydrogens (tertiary/aromatic N) is 5. The van der Waals surface area contributed by atoms with Crippen LogP contribution in [0.4, 0.5) is 5.95 Å². The lowest BCUT2D eigenvalue weighted by Crippen LogP contribution is -2.38. The maximum absolute atomic E-state index is 13.0.